The van der Waals surface area contributed by atoms with Gasteiger partial charge in [-0.25, -0.2) is 27.2 Å². The van der Waals surface area contributed by atoms with Gasteiger partial charge in [-0.2, -0.15) is 0 Å². The van der Waals surface area contributed by atoms with Crippen LogP contribution in [0.1, 0.15) is 16.8 Å². The van der Waals surface area contributed by atoms with Crippen molar-refractivity contribution in [2.75, 3.05) is 0 Å². The highest BCUT2D eigenvalue weighted by molar-refractivity contribution is 7.90. The number of rotatable bonds is 4. The smallest absolute Gasteiger partial charge is 0.404 e. The van der Waals surface area contributed by atoms with Crippen LogP contribution in [0.5, 0.6) is 0 Å². The summed E-state index contributed by atoms with van der Waals surface area (Å²) < 4.78 is 26.9. The number of nitrogens with zero attached hydrogens (tertiary/aromatic N) is 3. The highest BCUT2D eigenvalue weighted by atomic mass is 32.2. The van der Waals surface area contributed by atoms with Crippen molar-refractivity contribution in [2.24, 2.45) is 0 Å². The summed E-state index contributed by atoms with van der Waals surface area (Å²) in [5.74, 6) is 0. The number of carboxylic acid groups (broad SMARTS) is 1. The lowest BCUT2D eigenvalue weighted by molar-refractivity contribution is 0.194. The Balaban J connectivity index is 2.08. The molecule has 0 bridgehead atoms. The number of aromatic nitrogens is 3. The van der Waals surface area contributed by atoms with E-state index in [2.05, 4.69) is 15.3 Å². The lowest BCUT2D eigenvalue weighted by atomic mass is 10.2. The molecule has 0 saturated heterocycles. The van der Waals surface area contributed by atoms with Crippen LogP contribution < -0.4 is 5.32 Å². The summed E-state index contributed by atoms with van der Waals surface area (Å²) in [7, 11) is -3.80. The predicted molar refractivity (Wildman–Crippen MR) is 90.9 cm³/mol. The van der Waals surface area contributed by atoms with Gasteiger partial charge >= 0.3 is 6.09 Å². The van der Waals surface area contributed by atoms with Crippen LogP contribution in [0.2, 0.25) is 0 Å². The van der Waals surface area contributed by atoms with Crippen molar-refractivity contribution in [1.82, 2.24) is 19.3 Å². The molecule has 0 aliphatic carbocycles. The Bertz CT molecular complexity index is 1060. The van der Waals surface area contributed by atoms with Gasteiger partial charge in [0, 0.05) is 6.20 Å². The first-order chi connectivity index (χ1) is 11.8. The van der Waals surface area contributed by atoms with Crippen LogP contribution >= 0.6 is 0 Å². The van der Waals surface area contributed by atoms with Crippen LogP contribution in [0.4, 0.5) is 4.79 Å². The molecule has 3 aromatic rings. The molecular weight excluding hydrogens is 344 g/mol. The Kier molecular flexibility index (Phi) is 4.17. The molecule has 0 unspecified atom stereocenters. The van der Waals surface area contributed by atoms with Gasteiger partial charge in [-0.1, -0.05) is 17.7 Å². The first kappa shape index (κ1) is 16.9. The summed E-state index contributed by atoms with van der Waals surface area (Å²) in [4.78, 5) is 19.2. The van der Waals surface area contributed by atoms with Crippen molar-refractivity contribution in [3.63, 3.8) is 0 Å². The van der Waals surface area contributed by atoms with Gasteiger partial charge in [-0.3, -0.25) is 0 Å². The lowest BCUT2D eigenvalue weighted by Gasteiger charge is -2.07. The number of hydrogen-bond donors (Lipinski definition) is 2. The number of carbonyl (C=O) groups is 1. The fraction of sp³-hybridized carbons (Fsp3) is 0.188. The Labute approximate surface area is 144 Å². The maximum atomic E-state index is 12.9. The third-order valence-corrected chi connectivity index (χ3v) is 5.36. The fourth-order valence-electron chi connectivity index (χ4n) is 2.40. The zero-order valence-corrected chi connectivity index (χ0v) is 14.4. The Morgan fingerprint density at radius 1 is 1.24 bits per heavy atom. The summed E-state index contributed by atoms with van der Waals surface area (Å²) >= 11 is 0. The van der Waals surface area contributed by atoms with E-state index in [9.17, 15) is 13.2 Å². The van der Waals surface area contributed by atoms with Gasteiger partial charge in [0.05, 0.1) is 23.3 Å². The second-order valence-corrected chi connectivity index (χ2v) is 7.43. The minimum absolute atomic E-state index is 0.00634. The minimum Gasteiger partial charge on any atom is -0.465 e. The first-order valence-electron chi connectivity index (χ1n) is 7.41. The van der Waals surface area contributed by atoms with Crippen LogP contribution in [-0.2, 0) is 16.6 Å². The molecule has 8 nitrogen and oxygen atoms in total. The molecular formula is C16H16N4O4S. The average Bonchev–Trinajstić information content (AvgIpc) is 2.91. The third-order valence-electron chi connectivity index (χ3n) is 3.69. The quantitative estimate of drug-likeness (QED) is 0.736. The number of amides is 1. The molecule has 1 amide bonds. The minimum atomic E-state index is -3.80. The second-order valence-electron chi connectivity index (χ2n) is 5.62. The first-order valence-corrected chi connectivity index (χ1v) is 8.85. The lowest BCUT2D eigenvalue weighted by Crippen LogP contribution is -2.20. The van der Waals surface area contributed by atoms with Crippen molar-refractivity contribution in [2.45, 2.75) is 25.3 Å². The van der Waals surface area contributed by atoms with E-state index in [1.165, 1.54) is 12.4 Å². The summed E-state index contributed by atoms with van der Waals surface area (Å²) in [6.45, 7) is 3.60. The van der Waals surface area contributed by atoms with Crippen molar-refractivity contribution in [3.8, 4) is 0 Å². The fourth-order valence-corrected chi connectivity index (χ4v) is 3.77. The van der Waals surface area contributed by atoms with Crippen molar-refractivity contribution < 1.29 is 18.3 Å². The van der Waals surface area contributed by atoms with Gasteiger partial charge in [0.2, 0.25) is 0 Å². The van der Waals surface area contributed by atoms with Crippen LogP contribution in [-0.4, -0.2) is 33.6 Å². The highest BCUT2D eigenvalue weighted by Gasteiger charge is 2.22. The van der Waals surface area contributed by atoms with E-state index in [0.29, 0.717) is 16.8 Å². The van der Waals surface area contributed by atoms with E-state index < -0.39 is 16.1 Å². The molecule has 2 heterocycles. The largest absolute Gasteiger partial charge is 0.465 e. The summed E-state index contributed by atoms with van der Waals surface area (Å²) in [6, 6.07) is 6.55. The van der Waals surface area contributed by atoms with Gasteiger partial charge < -0.3 is 10.4 Å². The van der Waals surface area contributed by atoms with E-state index >= 15 is 0 Å². The van der Waals surface area contributed by atoms with Crippen molar-refractivity contribution >= 4 is 27.3 Å². The molecule has 0 aliphatic heterocycles. The number of hydrogen-bond acceptors (Lipinski definition) is 5. The van der Waals surface area contributed by atoms with Crippen LogP contribution in [0, 0.1) is 13.8 Å². The molecule has 0 atom stereocenters. The normalized spacial score (nSPS) is 11.6. The molecule has 0 saturated carbocycles. The molecule has 1 aromatic carbocycles. The van der Waals surface area contributed by atoms with E-state index in [-0.39, 0.29) is 17.1 Å². The summed E-state index contributed by atoms with van der Waals surface area (Å²) in [5.41, 5.74) is 2.62. The van der Waals surface area contributed by atoms with Crippen LogP contribution in [0.3, 0.4) is 0 Å². The number of benzene rings is 1. The molecule has 130 valence electrons. The molecule has 0 spiro atoms. The van der Waals surface area contributed by atoms with E-state index in [0.717, 1.165) is 9.54 Å². The maximum Gasteiger partial charge on any atom is 0.404 e. The zero-order chi connectivity index (χ0) is 18.2. The monoisotopic (exact) mass is 360 g/mol. The van der Waals surface area contributed by atoms with Gasteiger partial charge in [-0.05, 0) is 31.5 Å². The Morgan fingerprint density at radius 2 is 1.92 bits per heavy atom. The second kappa shape index (κ2) is 6.17. The number of aryl methyl sites for hydroxylation is 2. The summed E-state index contributed by atoms with van der Waals surface area (Å²) in [5, 5.41) is 10.9. The van der Waals surface area contributed by atoms with Gasteiger partial charge in [0.15, 0.2) is 5.65 Å². The molecule has 0 aliphatic rings. The standard InChI is InChI=1S/C16H16N4O4S/c1-10-3-5-13(6-4-10)25(23,24)20-9-11(2)14-15(20)17-7-12(19-14)8-18-16(21)22/h3-7,9,18H,8H2,1-2H3,(H,21,22). The Hall–Kier alpha value is -2.94. The average molecular weight is 360 g/mol. The predicted octanol–water partition coefficient (Wildman–Crippen LogP) is 2.05. The molecule has 2 aromatic heterocycles. The Morgan fingerprint density at radius 3 is 2.56 bits per heavy atom. The molecule has 0 fully saturated rings. The highest BCUT2D eigenvalue weighted by Crippen LogP contribution is 2.23. The molecule has 9 heteroatoms. The SMILES string of the molecule is Cc1ccc(S(=O)(=O)n2cc(C)c3nc(CNC(=O)O)cnc32)cc1. The van der Waals surface area contributed by atoms with Gasteiger partial charge in [0.1, 0.15) is 5.52 Å². The van der Waals surface area contributed by atoms with E-state index in [4.69, 9.17) is 5.11 Å². The topological polar surface area (TPSA) is 114 Å². The van der Waals surface area contributed by atoms with Gasteiger partial charge in [0.25, 0.3) is 10.0 Å². The van der Waals surface area contributed by atoms with Crippen LogP contribution in [0.25, 0.3) is 11.2 Å². The molecule has 3 rings (SSSR count). The van der Waals surface area contributed by atoms with Gasteiger partial charge in [-0.15, -0.1) is 0 Å². The van der Waals surface area contributed by atoms with E-state index in [1.807, 2.05) is 6.92 Å². The summed E-state index contributed by atoms with van der Waals surface area (Å²) in [6.07, 6.45) is 1.66. The zero-order valence-electron chi connectivity index (χ0n) is 13.6. The van der Waals surface area contributed by atoms with E-state index in [1.54, 1.807) is 31.2 Å². The number of fused-ring (bicyclic) bond motifs is 1. The number of nitrogens with one attached hydrogen (secondary N) is 1. The van der Waals surface area contributed by atoms with Crippen molar-refractivity contribution in [3.05, 3.63) is 53.5 Å². The van der Waals surface area contributed by atoms with Crippen molar-refractivity contribution in [1.29, 1.82) is 0 Å². The molecule has 0 radical (unpaired) electrons. The maximum absolute atomic E-state index is 12.9. The molecule has 25 heavy (non-hydrogen) atoms. The third kappa shape index (κ3) is 3.18. The molecule has 2 N–H and O–H groups in total. The van der Waals surface area contributed by atoms with Crippen LogP contribution in [0.15, 0.2) is 41.6 Å².